The molecule has 0 saturated carbocycles. The molecule has 0 atom stereocenters. The third kappa shape index (κ3) is 4.30. The Morgan fingerprint density at radius 3 is 2.92 bits per heavy atom. The zero-order valence-electron chi connectivity index (χ0n) is 13.5. The largest absolute Gasteiger partial charge is 0.495 e. The molecule has 0 bridgehead atoms. The number of aromatic nitrogens is 1. The maximum Gasteiger partial charge on any atom is 0.270 e. The first-order valence-corrected chi connectivity index (χ1v) is 7.90. The quantitative estimate of drug-likeness (QED) is 0.697. The summed E-state index contributed by atoms with van der Waals surface area (Å²) in [6.07, 6.45) is 3.11. The predicted molar refractivity (Wildman–Crippen MR) is 95.4 cm³/mol. The molecule has 0 spiro atoms. The molecule has 0 aliphatic carbocycles. The van der Waals surface area contributed by atoms with Crippen molar-refractivity contribution in [3.05, 3.63) is 71.4 Å². The minimum absolute atomic E-state index is 0.289. The molecule has 2 N–H and O–H groups in total. The molecule has 2 heterocycles. The fraction of sp³-hybridized carbons (Fsp3) is 0.111. The lowest BCUT2D eigenvalue weighted by molar-refractivity contribution is 0.0943. The number of pyridine rings is 1. The van der Waals surface area contributed by atoms with E-state index < -0.39 is 0 Å². The van der Waals surface area contributed by atoms with Crippen LogP contribution in [0.25, 0.3) is 0 Å². The van der Waals surface area contributed by atoms with Crippen molar-refractivity contribution in [2.75, 3.05) is 12.4 Å². The van der Waals surface area contributed by atoms with Crippen molar-refractivity contribution < 1.29 is 13.9 Å². The highest BCUT2D eigenvalue weighted by atomic mass is 35.5. The van der Waals surface area contributed by atoms with Crippen LogP contribution in [0.5, 0.6) is 5.75 Å². The highest BCUT2D eigenvalue weighted by molar-refractivity contribution is 6.31. The van der Waals surface area contributed by atoms with E-state index in [0.717, 1.165) is 0 Å². The number of carbonyl (C=O) groups excluding carboxylic acids is 1. The molecule has 0 aliphatic rings. The molecule has 1 amide bonds. The number of nitrogens with one attached hydrogen (secondary N) is 2. The molecule has 1 aromatic carbocycles. The molecule has 6 nitrogen and oxygen atoms in total. The van der Waals surface area contributed by atoms with Gasteiger partial charge in [-0.3, -0.25) is 9.78 Å². The zero-order valence-corrected chi connectivity index (χ0v) is 14.2. The lowest BCUT2D eigenvalue weighted by Crippen LogP contribution is -2.23. The Balaban J connectivity index is 1.73. The fourth-order valence-electron chi connectivity index (χ4n) is 2.24. The van der Waals surface area contributed by atoms with Gasteiger partial charge in [0.1, 0.15) is 17.2 Å². The molecule has 0 radical (unpaired) electrons. The molecule has 7 heteroatoms. The first kappa shape index (κ1) is 16.9. The lowest BCUT2D eigenvalue weighted by Gasteiger charge is -2.12. The van der Waals surface area contributed by atoms with Crippen LogP contribution in [0, 0.1) is 0 Å². The molecule has 0 saturated heterocycles. The summed E-state index contributed by atoms with van der Waals surface area (Å²) in [6.45, 7) is 0.299. The number of methoxy groups -OCH3 is 1. The van der Waals surface area contributed by atoms with Gasteiger partial charge in [-0.25, -0.2) is 0 Å². The second-order valence-electron chi connectivity index (χ2n) is 5.16. The second kappa shape index (κ2) is 7.72. The van der Waals surface area contributed by atoms with E-state index in [0.29, 0.717) is 34.5 Å². The summed E-state index contributed by atoms with van der Waals surface area (Å²) < 4.78 is 10.5. The monoisotopic (exact) mass is 357 g/mol. The van der Waals surface area contributed by atoms with Gasteiger partial charge in [0, 0.05) is 16.9 Å². The summed E-state index contributed by atoms with van der Waals surface area (Å²) in [6, 6.07) is 12.2. The maximum absolute atomic E-state index is 12.2. The molecule has 128 valence electrons. The fourth-order valence-corrected chi connectivity index (χ4v) is 2.41. The van der Waals surface area contributed by atoms with Crippen LogP contribution in [0.15, 0.2) is 59.3 Å². The van der Waals surface area contributed by atoms with E-state index >= 15 is 0 Å². The summed E-state index contributed by atoms with van der Waals surface area (Å²) >= 11 is 6.03. The van der Waals surface area contributed by atoms with Gasteiger partial charge in [-0.1, -0.05) is 11.6 Å². The normalized spacial score (nSPS) is 10.3. The molecule has 0 fully saturated rings. The van der Waals surface area contributed by atoms with Crippen LogP contribution >= 0.6 is 11.6 Å². The van der Waals surface area contributed by atoms with Gasteiger partial charge in [-0.2, -0.15) is 0 Å². The van der Waals surface area contributed by atoms with E-state index in [-0.39, 0.29) is 11.6 Å². The molecule has 0 unspecified atom stereocenters. The molecular formula is C18H16ClN3O3. The number of furan rings is 1. The van der Waals surface area contributed by atoms with Crippen LogP contribution in [0.3, 0.4) is 0 Å². The van der Waals surface area contributed by atoms with E-state index in [2.05, 4.69) is 15.6 Å². The van der Waals surface area contributed by atoms with Gasteiger partial charge in [0.05, 0.1) is 25.6 Å². The van der Waals surface area contributed by atoms with Crippen molar-refractivity contribution >= 4 is 28.9 Å². The lowest BCUT2D eigenvalue weighted by atomic mass is 10.2. The Labute approximate surface area is 149 Å². The Morgan fingerprint density at radius 1 is 1.28 bits per heavy atom. The second-order valence-corrected chi connectivity index (χ2v) is 5.60. The molecule has 0 aliphatic heterocycles. The van der Waals surface area contributed by atoms with E-state index in [1.165, 1.54) is 0 Å². The van der Waals surface area contributed by atoms with Crippen molar-refractivity contribution in [1.82, 2.24) is 10.3 Å². The first-order chi connectivity index (χ1) is 12.2. The van der Waals surface area contributed by atoms with Gasteiger partial charge in [-0.15, -0.1) is 0 Å². The predicted octanol–water partition coefficient (Wildman–Crippen LogP) is 4.01. The van der Waals surface area contributed by atoms with Crippen molar-refractivity contribution in [2.24, 2.45) is 0 Å². The Hall–Kier alpha value is -2.99. The van der Waals surface area contributed by atoms with E-state index in [9.17, 15) is 4.79 Å². The van der Waals surface area contributed by atoms with Gasteiger partial charge >= 0.3 is 0 Å². The molecular weight excluding hydrogens is 342 g/mol. The Bertz CT molecular complexity index is 866. The summed E-state index contributed by atoms with van der Waals surface area (Å²) in [5.41, 5.74) is 1.68. The van der Waals surface area contributed by atoms with Crippen molar-refractivity contribution in [3.8, 4) is 5.75 Å². The zero-order chi connectivity index (χ0) is 17.6. The standard InChI is InChI=1S/C18H16ClN3O3/c1-24-17-5-4-12(19)9-15(17)22-13-6-7-20-16(10-13)18(23)21-11-14-3-2-8-25-14/h2-10H,11H2,1H3,(H,20,22)(H,21,23). The summed E-state index contributed by atoms with van der Waals surface area (Å²) in [4.78, 5) is 16.3. The number of benzene rings is 1. The first-order valence-electron chi connectivity index (χ1n) is 7.53. The van der Waals surface area contributed by atoms with Crippen LogP contribution in [0.2, 0.25) is 5.02 Å². The molecule has 25 heavy (non-hydrogen) atoms. The smallest absolute Gasteiger partial charge is 0.270 e. The summed E-state index contributed by atoms with van der Waals surface area (Å²) in [5.74, 6) is 1.02. The minimum Gasteiger partial charge on any atom is -0.495 e. The number of anilines is 2. The van der Waals surface area contributed by atoms with E-state index in [4.69, 9.17) is 20.8 Å². The van der Waals surface area contributed by atoms with Gasteiger partial charge in [0.25, 0.3) is 5.91 Å². The average molecular weight is 358 g/mol. The van der Waals surface area contributed by atoms with Crippen molar-refractivity contribution in [2.45, 2.75) is 6.54 Å². The highest BCUT2D eigenvalue weighted by Gasteiger charge is 2.10. The Kier molecular flexibility index (Phi) is 5.20. The van der Waals surface area contributed by atoms with Crippen LogP contribution < -0.4 is 15.4 Å². The van der Waals surface area contributed by atoms with Crippen molar-refractivity contribution in [1.29, 1.82) is 0 Å². The van der Waals surface area contributed by atoms with Gasteiger partial charge < -0.3 is 19.8 Å². The van der Waals surface area contributed by atoms with Crippen LogP contribution in [0.4, 0.5) is 11.4 Å². The number of hydrogen-bond donors (Lipinski definition) is 2. The highest BCUT2D eigenvalue weighted by Crippen LogP contribution is 2.30. The number of carbonyl (C=O) groups is 1. The third-order valence-electron chi connectivity index (χ3n) is 3.44. The average Bonchev–Trinajstić information content (AvgIpc) is 3.14. The number of halogens is 1. The van der Waals surface area contributed by atoms with Gasteiger partial charge in [0.15, 0.2) is 0 Å². The van der Waals surface area contributed by atoms with Crippen LogP contribution in [-0.2, 0) is 6.54 Å². The van der Waals surface area contributed by atoms with Crippen molar-refractivity contribution in [3.63, 3.8) is 0 Å². The minimum atomic E-state index is -0.293. The number of ether oxygens (including phenoxy) is 1. The molecule has 2 aromatic heterocycles. The summed E-state index contributed by atoms with van der Waals surface area (Å²) in [7, 11) is 1.58. The van der Waals surface area contributed by atoms with E-state index in [1.807, 2.05) is 0 Å². The number of amides is 1. The number of rotatable bonds is 6. The van der Waals surface area contributed by atoms with Gasteiger partial charge in [0.2, 0.25) is 0 Å². The number of nitrogens with zero attached hydrogens (tertiary/aromatic N) is 1. The third-order valence-corrected chi connectivity index (χ3v) is 3.67. The number of hydrogen-bond acceptors (Lipinski definition) is 5. The topological polar surface area (TPSA) is 76.4 Å². The van der Waals surface area contributed by atoms with Crippen LogP contribution in [-0.4, -0.2) is 18.0 Å². The molecule has 3 aromatic rings. The maximum atomic E-state index is 12.2. The van der Waals surface area contributed by atoms with Gasteiger partial charge in [-0.05, 0) is 42.5 Å². The van der Waals surface area contributed by atoms with Crippen LogP contribution in [0.1, 0.15) is 16.2 Å². The SMILES string of the molecule is COc1ccc(Cl)cc1Nc1ccnc(C(=O)NCc2ccco2)c1. The Morgan fingerprint density at radius 2 is 2.16 bits per heavy atom. The van der Waals surface area contributed by atoms with E-state index in [1.54, 1.807) is 62.0 Å². The molecule has 3 rings (SSSR count). The summed E-state index contributed by atoms with van der Waals surface area (Å²) in [5, 5.41) is 6.51.